The number of nitrogens with zero attached hydrogens (tertiary/aromatic N) is 5. The van der Waals surface area contributed by atoms with Crippen LogP contribution in [0.25, 0.3) is 0 Å². The van der Waals surface area contributed by atoms with Crippen molar-refractivity contribution in [3.63, 3.8) is 0 Å². The van der Waals surface area contributed by atoms with Crippen LogP contribution in [0.1, 0.15) is 38.3 Å². The summed E-state index contributed by atoms with van der Waals surface area (Å²) in [6.45, 7) is 13.7. The largest absolute Gasteiger partial charge is 0.398 e. The quantitative estimate of drug-likeness (QED) is 0.526. The average molecular weight is 430 g/mol. The van der Waals surface area contributed by atoms with E-state index in [9.17, 15) is 10.5 Å². The van der Waals surface area contributed by atoms with Crippen LogP contribution >= 0.6 is 11.6 Å². The summed E-state index contributed by atoms with van der Waals surface area (Å²) in [5, 5.41) is 19.6. The number of guanidine groups is 1. The number of nitriles is 2. The predicted octanol–water partition coefficient (Wildman–Crippen LogP) is 4.37. The lowest BCUT2D eigenvalue weighted by Crippen LogP contribution is -2.45. The van der Waals surface area contributed by atoms with E-state index in [0.717, 1.165) is 18.5 Å². The van der Waals surface area contributed by atoms with Crippen LogP contribution in [0, 0.1) is 41.0 Å². The van der Waals surface area contributed by atoms with Gasteiger partial charge in [-0.1, -0.05) is 32.4 Å². The fraction of sp³-hybridized carbons (Fsp3) is 0.571. The zero-order chi connectivity index (χ0) is 21.5. The van der Waals surface area contributed by atoms with Gasteiger partial charge < -0.3 is 9.33 Å². The van der Waals surface area contributed by atoms with Crippen molar-refractivity contribution in [2.75, 3.05) is 6.54 Å². The number of hydrogen-bond donors (Lipinski definition) is 0. The number of halogens is 1. The van der Waals surface area contributed by atoms with E-state index in [-0.39, 0.29) is 17.7 Å². The van der Waals surface area contributed by atoms with Crippen molar-refractivity contribution < 1.29 is 4.43 Å². The molecule has 0 aromatic heterocycles. The molecule has 3 rings (SSSR count). The lowest BCUT2D eigenvalue weighted by atomic mass is 9.76. The molecule has 0 spiro atoms. The van der Waals surface area contributed by atoms with Crippen molar-refractivity contribution in [3.05, 3.63) is 28.3 Å². The number of aliphatic imine (C=N–C) groups is 1. The number of rotatable bonds is 3. The monoisotopic (exact) mass is 429 g/mol. The van der Waals surface area contributed by atoms with Gasteiger partial charge in [0.25, 0.3) is 0 Å². The minimum atomic E-state index is -1.38. The SMILES string of the molecule is Cc1c(N=C2N(C#N)C(O[SiH](C)C)[C@H]3[C@@H](C(C)(C)C)CCN23)ccc(C#N)c1Cl. The molecule has 2 fully saturated rings. The van der Waals surface area contributed by atoms with Crippen LogP contribution in [0.5, 0.6) is 0 Å². The Hall–Kier alpha value is -2.06. The zero-order valence-corrected chi connectivity index (χ0v) is 19.8. The van der Waals surface area contributed by atoms with Crippen molar-refractivity contribution in [2.45, 2.75) is 59.5 Å². The van der Waals surface area contributed by atoms with Crippen molar-refractivity contribution >= 4 is 32.3 Å². The van der Waals surface area contributed by atoms with Crippen LogP contribution in [0.3, 0.4) is 0 Å². The van der Waals surface area contributed by atoms with E-state index in [1.165, 1.54) is 0 Å². The van der Waals surface area contributed by atoms with Gasteiger partial charge in [-0.3, -0.25) is 0 Å². The van der Waals surface area contributed by atoms with E-state index in [0.29, 0.717) is 28.2 Å². The van der Waals surface area contributed by atoms with E-state index < -0.39 is 9.04 Å². The first-order valence-corrected chi connectivity index (χ1v) is 13.1. The number of benzene rings is 1. The van der Waals surface area contributed by atoms with Crippen molar-refractivity contribution in [1.82, 2.24) is 9.80 Å². The van der Waals surface area contributed by atoms with Crippen molar-refractivity contribution in [2.24, 2.45) is 16.3 Å². The minimum absolute atomic E-state index is 0.0949. The molecule has 154 valence electrons. The van der Waals surface area contributed by atoms with Crippen LogP contribution in [0.15, 0.2) is 17.1 Å². The van der Waals surface area contributed by atoms with E-state index in [1.807, 2.05) is 6.92 Å². The van der Waals surface area contributed by atoms with Crippen molar-refractivity contribution in [3.8, 4) is 12.3 Å². The Morgan fingerprint density at radius 2 is 1.97 bits per heavy atom. The van der Waals surface area contributed by atoms with E-state index in [1.54, 1.807) is 17.0 Å². The maximum Gasteiger partial charge on any atom is 0.218 e. The Morgan fingerprint density at radius 1 is 1.28 bits per heavy atom. The average Bonchev–Trinajstić information content (AvgIpc) is 3.18. The fourth-order valence-electron chi connectivity index (χ4n) is 4.38. The Kier molecular flexibility index (Phi) is 5.96. The molecule has 0 aliphatic carbocycles. The molecule has 1 aromatic carbocycles. The summed E-state index contributed by atoms with van der Waals surface area (Å²) in [6.07, 6.45) is 3.05. The van der Waals surface area contributed by atoms with Crippen LogP contribution in [0.4, 0.5) is 5.69 Å². The molecule has 6 nitrogen and oxygen atoms in total. The van der Waals surface area contributed by atoms with Crippen molar-refractivity contribution in [1.29, 1.82) is 10.5 Å². The number of fused-ring (bicyclic) bond motifs is 1. The van der Waals surface area contributed by atoms with E-state index in [2.05, 4.69) is 51.0 Å². The first-order valence-electron chi connectivity index (χ1n) is 9.99. The summed E-state index contributed by atoms with van der Waals surface area (Å²) in [7, 11) is -1.38. The van der Waals surface area contributed by atoms with Gasteiger partial charge in [-0.15, -0.1) is 0 Å². The number of hydrogen-bond acceptors (Lipinski definition) is 4. The first kappa shape index (κ1) is 21.6. The van der Waals surface area contributed by atoms with Crippen LogP contribution in [-0.2, 0) is 4.43 Å². The molecule has 0 saturated carbocycles. The molecule has 0 bridgehead atoms. The highest BCUT2D eigenvalue weighted by Crippen LogP contribution is 2.45. The second-order valence-electron chi connectivity index (χ2n) is 9.09. The Bertz CT molecular complexity index is 911. The zero-order valence-electron chi connectivity index (χ0n) is 17.9. The van der Waals surface area contributed by atoms with Crippen LogP contribution in [0.2, 0.25) is 18.1 Å². The molecular formula is C21H28ClN5OSi. The smallest absolute Gasteiger partial charge is 0.218 e. The molecule has 1 unspecified atom stereocenters. The van der Waals surface area contributed by atoms with Gasteiger partial charge in [0.05, 0.1) is 22.3 Å². The minimum Gasteiger partial charge on any atom is -0.398 e. The molecule has 0 N–H and O–H groups in total. The Balaban J connectivity index is 2.10. The lowest BCUT2D eigenvalue weighted by molar-refractivity contribution is 0.0472. The highest BCUT2D eigenvalue weighted by molar-refractivity contribution is 6.48. The van der Waals surface area contributed by atoms with Gasteiger partial charge in [-0.2, -0.15) is 10.5 Å². The van der Waals surface area contributed by atoms with Gasteiger partial charge in [0.15, 0.2) is 21.5 Å². The molecule has 2 heterocycles. The molecule has 2 aliphatic rings. The second kappa shape index (κ2) is 7.99. The molecule has 0 amide bonds. The summed E-state index contributed by atoms with van der Waals surface area (Å²) in [5.74, 6) is 1.02. The van der Waals surface area contributed by atoms with Gasteiger partial charge in [0.1, 0.15) is 6.07 Å². The molecule has 8 heteroatoms. The van der Waals surface area contributed by atoms with Gasteiger partial charge in [0.2, 0.25) is 5.96 Å². The van der Waals surface area contributed by atoms with Crippen LogP contribution < -0.4 is 0 Å². The van der Waals surface area contributed by atoms with E-state index in [4.69, 9.17) is 21.0 Å². The van der Waals surface area contributed by atoms with Gasteiger partial charge >= 0.3 is 0 Å². The summed E-state index contributed by atoms with van der Waals surface area (Å²) < 4.78 is 6.36. The topological polar surface area (TPSA) is 75.7 Å². The molecule has 2 aliphatic heterocycles. The normalized spacial score (nSPS) is 25.4. The van der Waals surface area contributed by atoms with E-state index >= 15 is 0 Å². The standard InChI is InChI=1S/C21H28ClN5OSi/c1-13-16(8-7-14(11-23)17(13)22)25-20-26-10-9-15(21(2,3)4)18(26)19(27(20)12-24)28-29(5)6/h7-8,15,18-19,29H,9-10H2,1-6H3/t15-,18+,19?/m0/s1. The third-order valence-electron chi connectivity index (χ3n) is 5.80. The summed E-state index contributed by atoms with van der Waals surface area (Å²) in [6, 6.07) is 5.66. The Labute approximate surface area is 180 Å². The highest BCUT2D eigenvalue weighted by atomic mass is 35.5. The third-order valence-corrected chi connectivity index (χ3v) is 7.11. The Morgan fingerprint density at radius 3 is 2.52 bits per heavy atom. The highest BCUT2D eigenvalue weighted by Gasteiger charge is 2.55. The summed E-state index contributed by atoms with van der Waals surface area (Å²) in [5.41, 5.74) is 1.94. The molecular weight excluding hydrogens is 402 g/mol. The third kappa shape index (κ3) is 3.87. The molecule has 0 radical (unpaired) electrons. The van der Waals surface area contributed by atoms with Gasteiger partial charge in [-0.25, -0.2) is 9.89 Å². The molecule has 2 saturated heterocycles. The lowest BCUT2D eigenvalue weighted by Gasteiger charge is -2.35. The first-order chi connectivity index (χ1) is 13.6. The predicted molar refractivity (Wildman–Crippen MR) is 117 cm³/mol. The van der Waals surface area contributed by atoms with Gasteiger partial charge in [-0.05, 0) is 55.5 Å². The maximum absolute atomic E-state index is 9.98. The molecule has 1 aromatic rings. The van der Waals surface area contributed by atoms with Gasteiger partial charge in [0, 0.05) is 6.54 Å². The molecule has 3 atom stereocenters. The fourth-order valence-corrected chi connectivity index (χ4v) is 5.42. The summed E-state index contributed by atoms with van der Waals surface area (Å²) in [4.78, 5) is 8.70. The summed E-state index contributed by atoms with van der Waals surface area (Å²) >= 11 is 6.34. The second-order valence-corrected chi connectivity index (χ2v) is 11.8. The maximum atomic E-state index is 9.98. The van der Waals surface area contributed by atoms with Crippen LogP contribution in [-0.4, -0.2) is 43.6 Å². The molecule has 29 heavy (non-hydrogen) atoms.